The van der Waals surface area contributed by atoms with Gasteiger partial charge in [-0.3, -0.25) is 4.68 Å². The van der Waals surface area contributed by atoms with Crippen LogP contribution in [0.1, 0.15) is 29.9 Å². The van der Waals surface area contributed by atoms with Gasteiger partial charge in [-0.05, 0) is 39.7 Å². The number of aryl methyl sites for hydroxylation is 3. The second-order valence-electron chi connectivity index (χ2n) is 6.38. The second-order valence-corrected chi connectivity index (χ2v) is 8.26. The molecular weight excluding hydrogens is 342 g/mol. The summed E-state index contributed by atoms with van der Waals surface area (Å²) >= 11 is 0. The number of hydrogen-bond acceptors (Lipinski definition) is 6. The molecule has 1 saturated heterocycles. The summed E-state index contributed by atoms with van der Waals surface area (Å²) in [6, 6.07) is 3.58. The summed E-state index contributed by atoms with van der Waals surface area (Å²) in [6.07, 6.45) is 1.28. The molecule has 8 nitrogen and oxygen atoms in total. The normalized spacial score (nSPS) is 19.1. The molecule has 1 aliphatic heterocycles. The molecule has 1 fully saturated rings. The monoisotopic (exact) mass is 365 g/mol. The Kier molecular flexibility index (Phi) is 4.79. The zero-order chi connectivity index (χ0) is 18.2. The molecule has 0 spiro atoms. The molecule has 25 heavy (non-hydrogen) atoms. The van der Waals surface area contributed by atoms with Crippen molar-refractivity contribution in [1.29, 1.82) is 0 Å². The van der Waals surface area contributed by atoms with Gasteiger partial charge in [0, 0.05) is 19.7 Å². The summed E-state index contributed by atoms with van der Waals surface area (Å²) in [5, 5.41) is 12.2. The molecule has 2 aromatic rings. The van der Waals surface area contributed by atoms with Crippen molar-refractivity contribution in [1.82, 2.24) is 24.3 Å². The SMILES string of the molecule is Cc1ccc(O[C@@H]2CCCN(S(=O)(=O)c3c(C)nn(C)c3C)C2)nn1. The maximum atomic E-state index is 13.1. The standard InChI is InChI=1S/C16H23N5O3S/c1-11-7-8-15(18-17-11)24-14-6-5-9-21(10-14)25(22,23)16-12(2)19-20(4)13(16)3/h7-8,14H,5-6,9-10H2,1-4H3/t14-/m1/s1. The lowest BCUT2D eigenvalue weighted by atomic mass is 10.1. The molecule has 2 aromatic heterocycles. The number of sulfonamides is 1. The average molecular weight is 365 g/mol. The minimum Gasteiger partial charge on any atom is -0.472 e. The quantitative estimate of drug-likeness (QED) is 0.813. The van der Waals surface area contributed by atoms with E-state index in [0.29, 0.717) is 35.3 Å². The van der Waals surface area contributed by atoms with Crippen LogP contribution < -0.4 is 4.74 Å². The van der Waals surface area contributed by atoms with Crippen molar-refractivity contribution in [3.05, 3.63) is 29.2 Å². The Morgan fingerprint density at radius 3 is 2.56 bits per heavy atom. The van der Waals surface area contributed by atoms with Crippen molar-refractivity contribution in [2.45, 2.75) is 44.6 Å². The molecule has 0 radical (unpaired) electrons. The molecule has 0 saturated carbocycles. The number of ether oxygens (including phenoxy) is 1. The molecule has 3 heterocycles. The van der Waals surface area contributed by atoms with E-state index in [1.54, 1.807) is 31.6 Å². The Morgan fingerprint density at radius 2 is 1.96 bits per heavy atom. The largest absolute Gasteiger partial charge is 0.472 e. The van der Waals surface area contributed by atoms with E-state index >= 15 is 0 Å². The first-order valence-electron chi connectivity index (χ1n) is 8.26. The molecule has 1 aliphatic rings. The highest BCUT2D eigenvalue weighted by atomic mass is 32.2. The maximum absolute atomic E-state index is 13.1. The molecule has 0 aliphatic carbocycles. The predicted octanol–water partition coefficient (Wildman–Crippen LogP) is 1.37. The minimum atomic E-state index is -3.60. The van der Waals surface area contributed by atoms with Gasteiger partial charge in [0.1, 0.15) is 11.0 Å². The number of piperidine rings is 1. The highest BCUT2D eigenvalue weighted by molar-refractivity contribution is 7.89. The Hall–Kier alpha value is -2.00. The predicted molar refractivity (Wildman–Crippen MR) is 91.9 cm³/mol. The van der Waals surface area contributed by atoms with Crippen LogP contribution in [-0.4, -0.2) is 51.9 Å². The lowest BCUT2D eigenvalue weighted by Crippen LogP contribution is -2.44. The van der Waals surface area contributed by atoms with Gasteiger partial charge in [-0.15, -0.1) is 5.10 Å². The first-order valence-corrected chi connectivity index (χ1v) is 9.70. The van der Waals surface area contributed by atoms with E-state index in [1.165, 1.54) is 4.31 Å². The summed E-state index contributed by atoms with van der Waals surface area (Å²) in [5.41, 5.74) is 1.97. The number of hydrogen-bond donors (Lipinski definition) is 0. The first kappa shape index (κ1) is 17.8. The highest BCUT2D eigenvalue weighted by Crippen LogP contribution is 2.26. The van der Waals surface area contributed by atoms with Crippen LogP contribution in [0.15, 0.2) is 17.0 Å². The van der Waals surface area contributed by atoms with E-state index in [4.69, 9.17) is 4.74 Å². The summed E-state index contributed by atoms with van der Waals surface area (Å²) in [5.74, 6) is 0.420. The van der Waals surface area contributed by atoms with Crippen molar-refractivity contribution in [2.24, 2.45) is 7.05 Å². The fourth-order valence-electron chi connectivity index (χ4n) is 3.10. The molecule has 9 heteroatoms. The van der Waals surface area contributed by atoms with Gasteiger partial charge in [-0.1, -0.05) is 0 Å². The first-order chi connectivity index (χ1) is 11.8. The molecule has 0 bridgehead atoms. The average Bonchev–Trinajstić information content (AvgIpc) is 2.83. The van der Waals surface area contributed by atoms with Crippen LogP contribution in [0.5, 0.6) is 5.88 Å². The number of nitrogens with zero attached hydrogens (tertiary/aromatic N) is 5. The van der Waals surface area contributed by atoms with E-state index in [1.807, 2.05) is 13.0 Å². The highest BCUT2D eigenvalue weighted by Gasteiger charge is 2.34. The van der Waals surface area contributed by atoms with Gasteiger partial charge in [0.05, 0.1) is 23.6 Å². The Bertz CT molecular complexity index is 861. The minimum absolute atomic E-state index is 0.238. The van der Waals surface area contributed by atoms with Crippen LogP contribution in [0.25, 0.3) is 0 Å². The van der Waals surface area contributed by atoms with Crippen molar-refractivity contribution in [3.8, 4) is 5.88 Å². The van der Waals surface area contributed by atoms with Gasteiger partial charge in [0.2, 0.25) is 15.9 Å². The van der Waals surface area contributed by atoms with E-state index in [9.17, 15) is 8.42 Å². The summed E-state index contributed by atoms with van der Waals surface area (Å²) in [7, 11) is -1.85. The van der Waals surface area contributed by atoms with E-state index < -0.39 is 10.0 Å². The molecule has 0 aromatic carbocycles. The summed E-state index contributed by atoms with van der Waals surface area (Å²) in [6.45, 7) is 6.12. The van der Waals surface area contributed by atoms with Crippen molar-refractivity contribution >= 4 is 10.0 Å². The van der Waals surface area contributed by atoms with Crippen molar-refractivity contribution < 1.29 is 13.2 Å². The Morgan fingerprint density at radius 1 is 1.20 bits per heavy atom. The van der Waals surface area contributed by atoms with Crippen LogP contribution in [0.3, 0.4) is 0 Å². The molecule has 136 valence electrons. The lowest BCUT2D eigenvalue weighted by molar-refractivity contribution is 0.123. The van der Waals surface area contributed by atoms with Gasteiger partial charge < -0.3 is 4.74 Å². The lowest BCUT2D eigenvalue weighted by Gasteiger charge is -2.31. The van der Waals surface area contributed by atoms with Gasteiger partial charge >= 0.3 is 0 Å². The summed E-state index contributed by atoms with van der Waals surface area (Å²) in [4.78, 5) is 0.297. The number of aromatic nitrogens is 4. The number of rotatable bonds is 4. The van der Waals surface area contributed by atoms with E-state index in [-0.39, 0.29) is 6.10 Å². The molecular formula is C16H23N5O3S. The van der Waals surface area contributed by atoms with E-state index in [0.717, 1.165) is 18.5 Å². The second kappa shape index (κ2) is 6.72. The van der Waals surface area contributed by atoms with Gasteiger partial charge in [-0.2, -0.15) is 14.5 Å². The smallest absolute Gasteiger partial charge is 0.246 e. The third kappa shape index (κ3) is 3.52. The molecule has 3 rings (SSSR count). The molecule has 0 amide bonds. The van der Waals surface area contributed by atoms with Crippen LogP contribution >= 0.6 is 0 Å². The van der Waals surface area contributed by atoms with Crippen LogP contribution in [0.2, 0.25) is 0 Å². The molecule has 0 unspecified atom stereocenters. The maximum Gasteiger partial charge on any atom is 0.246 e. The third-order valence-corrected chi connectivity index (χ3v) is 6.56. The third-order valence-electron chi connectivity index (χ3n) is 4.44. The Labute approximate surface area is 147 Å². The molecule has 1 atom stereocenters. The van der Waals surface area contributed by atoms with Crippen LogP contribution in [-0.2, 0) is 17.1 Å². The topological polar surface area (TPSA) is 90.2 Å². The van der Waals surface area contributed by atoms with Crippen molar-refractivity contribution in [3.63, 3.8) is 0 Å². The van der Waals surface area contributed by atoms with Crippen molar-refractivity contribution in [2.75, 3.05) is 13.1 Å². The van der Waals surface area contributed by atoms with E-state index in [2.05, 4.69) is 15.3 Å². The summed E-state index contributed by atoms with van der Waals surface area (Å²) < 4.78 is 35.1. The zero-order valence-electron chi connectivity index (χ0n) is 14.9. The van der Waals surface area contributed by atoms with Crippen LogP contribution in [0.4, 0.5) is 0 Å². The van der Waals surface area contributed by atoms with Gasteiger partial charge in [-0.25, -0.2) is 8.42 Å². The fraction of sp³-hybridized carbons (Fsp3) is 0.562. The van der Waals surface area contributed by atoms with Gasteiger partial charge in [0.15, 0.2) is 0 Å². The van der Waals surface area contributed by atoms with Gasteiger partial charge in [0.25, 0.3) is 0 Å². The Balaban J connectivity index is 1.79. The van der Waals surface area contributed by atoms with Crippen LogP contribution in [0, 0.1) is 20.8 Å². The zero-order valence-corrected chi connectivity index (χ0v) is 15.7. The fourth-order valence-corrected chi connectivity index (χ4v) is 5.01. The molecule has 0 N–H and O–H groups in total.